The summed E-state index contributed by atoms with van der Waals surface area (Å²) in [5, 5.41) is 8.62. The predicted octanol–water partition coefficient (Wildman–Crippen LogP) is 4.40. The Labute approximate surface area is 169 Å². The van der Waals surface area contributed by atoms with Crippen LogP contribution in [0.3, 0.4) is 0 Å². The molecule has 1 aliphatic rings. The van der Waals surface area contributed by atoms with Crippen molar-refractivity contribution in [1.82, 2.24) is 4.90 Å². The summed E-state index contributed by atoms with van der Waals surface area (Å²) in [5.74, 6) is 0.810. The minimum absolute atomic E-state index is 0.113. The molecule has 1 aliphatic heterocycles. The van der Waals surface area contributed by atoms with Crippen molar-refractivity contribution in [3.63, 3.8) is 0 Å². The van der Waals surface area contributed by atoms with Crippen molar-refractivity contribution in [2.45, 2.75) is 32.1 Å². The van der Waals surface area contributed by atoms with Crippen LogP contribution in [0.2, 0.25) is 0 Å². The molecule has 1 atom stereocenters. The molecule has 2 aromatic rings. The molecule has 2 amide bonds. The number of hydrogen-bond donors (Lipinski definition) is 0. The topological polar surface area (TPSA) is 70.4 Å². The number of nitriles is 1. The molecular formula is C22H22N2O3S. The summed E-state index contributed by atoms with van der Waals surface area (Å²) in [6.07, 6.45) is 0.482. The molecule has 1 saturated heterocycles. The molecule has 6 heteroatoms. The van der Waals surface area contributed by atoms with Crippen LogP contribution >= 0.6 is 11.8 Å². The highest BCUT2D eigenvalue weighted by Crippen LogP contribution is 2.31. The number of imide groups is 1. The van der Waals surface area contributed by atoms with Crippen molar-refractivity contribution in [3.8, 4) is 11.8 Å². The Morgan fingerprint density at radius 2 is 1.96 bits per heavy atom. The van der Waals surface area contributed by atoms with Gasteiger partial charge in [0.05, 0.1) is 16.9 Å². The summed E-state index contributed by atoms with van der Waals surface area (Å²) in [5.41, 5.74) is 2.36. The van der Waals surface area contributed by atoms with Gasteiger partial charge in [-0.2, -0.15) is 5.26 Å². The van der Waals surface area contributed by atoms with Crippen LogP contribution in [0.1, 0.15) is 30.5 Å². The van der Waals surface area contributed by atoms with E-state index in [0.29, 0.717) is 30.9 Å². The van der Waals surface area contributed by atoms with Crippen LogP contribution in [-0.4, -0.2) is 27.8 Å². The van der Waals surface area contributed by atoms with Crippen LogP contribution in [0.15, 0.2) is 48.5 Å². The van der Waals surface area contributed by atoms with Crippen molar-refractivity contribution in [3.05, 3.63) is 65.2 Å². The number of carbonyl (C=O) groups excluding carboxylic acids is 2. The number of carbonyl (C=O) groups is 2. The standard InChI is InChI=1S/C22H22N2O3S/c1-15(2)13-24-21(25)20(28-22(24)26)11-16-6-5-9-19(10-16)27-14-18-8-4-3-7-17(18)12-23/h3-10,15,20H,11,13-14H2,1-2H3. The summed E-state index contributed by atoms with van der Waals surface area (Å²) >= 11 is 1.10. The fourth-order valence-corrected chi connectivity index (χ4v) is 4.09. The Balaban J connectivity index is 1.65. The van der Waals surface area contributed by atoms with Crippen molar-refractivity contribution in [1.29, 1.82) is 5.26 Å². The smallest absolute Gasteiger partial charge is 0.289 e. The third-order valence-electron chi connectivity index (χ3n) is 4.40. The first-order chi connectivity index (χ1) is 13.5. The number of ether oxygens (including phenoxy) is 1. The maximum Gasteiger partial charge on any atom is 0.289 e. The highest BCUT2D eigenvalue weighted by Gasteiger charge is 2.39. The SMILES string of the molecule is CC(C)CN1C(=O)SC(Cc2cccc(OCc3ccccc3C#N)c2)C1=O. The van der Waals surface area contributed by atoms with Gasteiger partial charge in [0.1, 0.15) is 12.4 Å². The number of thioether (sulfide) groups is 1. The molecule has 0 aliphatic carbocycles. The lowest BCUT2D eigenvalue weighted by molar-refractivity contribution is -0.127. The number of benzene rings is 2. The molecule has 0 N–H and O–H groups in total. The van der Waals surface area contributed by atoms with Gasteiger partial charge in [-0.05, 0) is 36.1 Å². The molecule has 0 bridgehead atoms. The second kappa shape index (κ2) is 8.94. The first-order valence-electron chi connectivity index (χ1n) is 9.19. The second-order valence-electron chi connectivity index (χ2n) is 7.12. The van der Waals surface area contributed by atoms with Gasteiger partial charge >= 0.3 is 0 Å². The number of amides is 2. The Morgan fingerprint density at radius 1 is 1.18 bits per heavy atom. The van der Waals surface area contributed by atoms with Gasteiger partial charge in [-0.3, -0.25) is 14.5 Å². The molecule has 1 heterocycles. The van der Waals surface area contributed by atoms with E-state index in [4.69, 9.17) is 4.74 Å². The van der Waals surface area contributed by atoms with Crippen LogP contribution in [0.25, 0.3) is 0 Å². The first-order valence-corrected chi connectivity index (χ1v) is 10.1. The summed E-state index contributed by atoms with van der Waals surface area (Å²) < 4.78 is 5.84. The van der Waals surface area contributed by atoms with Gasteiger partial charge < -0.3 is 4.74 Å². The Hall–Kier alpha value is -2.78. The third-order valence-corrected chi connectivity index (χ3v) is 5.48. The fraction of sp³-hybridized carbons (Fsp3) is 0.318. The van der Waals surface area contributed by atoms with E-state index in [1.165, 1.54) is 4.90 Å². The lowest BCUT2D eigenvalue weighted by atomic mass is 10.1. The van der Waals surface area contributed by atoms with E-state index in [1.54, 1.807) is 6.07 Å². The second-order valence-corrected chi connectivity index (χ2v) is 8.28. The zero-order chi connectivity index (χ0) is 20.1. The lowest BCUT2D eigenvalue weighted by Gasteiger charge is -2.16. The molecule has 144 valence electrons. The molecule has 28 heavy (non-hydrogen) atoms. The van der Waals surface area contributed by atoms with Crippen LogP contribution in [0, 0.1) is 17.2 Å². The molecule has 1 fully saturated rings. The van der Waals surface area contributed by atoms with Crippen LogP contribution < -0.4 is 4.74 Å². The highest BCUT2D eigenvalue weighted by atomic mass is 32.2. The summed E-state index contributed by atoms with van der Waals surface area (Å²) in [6, 6.07) is 17.0. The van der Waals surface area contributed by atoms with Gasteiger partial charge in [0, 0.05) is 12.1 Å². The molecule has 0 saturated carbocycles. The molecular weight excluding hydrogens is 372 g/mol. The lowest BCUT2D eigenvalue weighted by Crippen LogP contribution is -2.35. The Kier molecular flexibility index (Phi) is 6.37. The Morgan fingerprint density at radius 3 is 2.71 bits per heavy atom. The maximum absolute atomic E-state index is 12.5. The summed E-state index contributed by atoms with van der Waals surface area (Å²) in [4.78, 5) is 26.0. The largest absolute Gasteiger partial charge is 0.489 e. The average Bonchev–Trinajstić information content (AvgIpc) is 2.94. The number of nitrogens with zero attached hydrogens (tertiary/aromatic N) is 2. The molecule has 0 spiro atoms. The molecule has 2 aromatic carbocycles. The van der Waals surface area contributed by atoms with Crippen LogP contribution in [0.5, 0.6) is 5.75 Å². The summed E-state index contributed by atoms with van der Waals surface area (Å²) in [7, 11) is 0. The average molecular weight is 394 g/mol. The van der Waals surface area contributed by atoms with Gasteiger partial charge in [0.15, 0.2) is 0 Å². The first kappa shape index (κ1) is 20.0. The van der Waals surface area contributed by atoms with Gasteiger partial charge in [-0.25, -0.2) is 0 Å². The van der Waals surface area contributed by atoms with Crippen molar-refractivity contribution in [2.24, 2.45) is 5.92 Å². The fourth-order valence-electron chi connectivity index (χ4n) is 3.05. The highest BCUT2D eigenvalue weighted by molar-refractivity contribution is 8.15. The van der Waals surface area contributed by atoms with Crippen LogP contribution in [-0.2, 0) is 17.8 Å². The monoisotopic (exact) mass is 394 g/mol. The number of hydrogen-bond acceptors (Lipinski definition) is 5. The van der Waals surface area contributed by atoms with E-state index >= 15 is 0 Å². The van der Waals surface area contributed by atoms with Gasteiger partial charge in [0.25, 0.3) is 5.24 Å². The van der Waals surface area contributed by atoms with E-state index < -0.39 is 0 Å². The van der Waals surface area contributed by atoms with E-state index in [9.17, 15) is 14.9 Å². The van der Waals surface area contributed by atoms with E-state index in [1.807, 2.05) is 56.3 Å². The van der Waals surface area contributed by atoms with Gasteiger partial charge in [0.2, 0.25) is 5.91 Å². The minimum atomic E-state index is -0.388. The van der Waals surface area contributed by atoms with E-state index in [-0.39, 0.29) is 22.3 Å². The quantitative estimate of drug-likeness (QED) is 0.696. The normalized spacial score (nSPS) is 16.5. The zero-order valence-corrected chi connectivity index (χ0v) is 16.7. The Bertz CT molecular complexity index is 920. The molecule has 5 nitrogen and oxygen atoms in total. The zero-order valence-electron chi connectivity index (χ0n) is 15.9. The van der Waals surface area contributed by atoms with Gasteiger partial charge in [-0.1, -0.05) is 55.9 Å². The minimum Gasteiger partial charge on any atom is -0.489 e. The van der Waals surface area contributed by atoms with Gasteiger partial charge in [-0.15, -0.1) is 0 Å². The van der Waals surface area contributed by atoms with E-state index in [0.717, 1.165) is 22.9 Å². The molecule has 0 aromatic heterocycles. The van der Waals surface area contributed by atoms with E-state index in [2.05, 4.69) is 6.07 Å². The molecule has 0 radical (unpaired) electrons. The third kappa shape index (κ3) is 4.73. The molecule has 3 rings (SSSR count). The summed E-state index contributed by atoms with van der Waals surface area (Å²) in [6.45, 7) is 4.74. The van der Waals surface area contributed by atoms with Crippen LogP contribution in [0.4, 0.5) is 4.79 Å². The van der Waals surface area contributed by atoms with Crippen molar-refractivity contribution in [2.75, 3.05) is 6.54 Å². The van der Waals surface area contributed by atoms with Crippen molar-refractivity contribution < 1.29 is 14.3 Å². The van der Waals surface area contributed by atoms with Crippen molar-refractivity contribution >= 4 is 22.9 Å². The number of rotatable bonds is 7. The molecule has 1 unspecified atom stereocenters. The maximum atomic E-state index is 12.5. The predicted molar refractivity (Wildman–Crippen MR) is 109 cm³/mol.